The number of nitrogens with zero attached hydrogens (tertiary/aromatic N) is 4. The van der Waals surface area contributed by atoms with E-state index in [4.69, 9.17) is 19.9 Å². The van der Waals surface area contributed by atoms with Crippen molar-refractivity contribution >= 4 is 83.6 Å². The summed E-state index contributed by atoms with van der Waals surface area (Å²) in [6, 6.07) is 8.73. The minimum Gasteiger partial charge on any atom is -0.445 e. The van der Waals surface area contributed by atoms with Crippen molar-refractivity contribution in [3.63, 3.8) is 0 Å². The molecular weight excluding hydrogens is 1240 g/mol. The van der Waals surface area contributed by atoms with Crippen molar-refractivity contribution in [1.29, 1.82) is 0 Å². The molecule has 13 atom stereocenters. The standard InChI is InChI=1S/C68H107N11O15S/c1-15-42(8)58(50(92-13)36-53(81)78-35-23-27-49(78)60(93-14)43(9)61(84)71-44(10)59(83)46-24-18-16-19-25-46)76(11)66(89)56(40(4)5)75-64(87)57(41(6)7)77(12)68(91)94-38-45-29-31-47(32-30-45)72-62(85)48(26-22-33-70-67(69)90)73-63(86)55(39(2)3)74-52(80)28-20-17-21-34-79-54(82)37-51(95)65(79)88/h16,18-19,24-25,29-32,39-44,48-51,55-60,83,95H,15,17,20-23,26-28,33-38H2,1-14H3,(H,71,84)(H,72,85)(H,73,86)(H,74,80)(H,75,87)(H3,69,70,90)/t42-,43+,44+,48-,49-,50+,51?,55?,56-,57-,58-,59+,60+/m0/s1. The molecule has 12 amide bonds. The number of unbranched alkanes of at least 4 members (excludes halogenated alkanes) is 2. The van der Waals surface area contributed by atoms with E-state index in [-0.39, 0.29) is 87.3 Å². The molecule has 0 spiro atoms. The van der Waals surface area contributed by atoms with Gasteiger partial charge in [0, 0.05) is 66.5 Å². The van der Waals surface area contributed by atoms with Gasteiger partial charge >= 0.3 is 12.1 Å². The molecule has 2 heterocycles. The topological polar surface area (TPSA) is 347 Å². The Morgan fingerprint density at radius 2 is 1.40 bits per heavy atom. The number of hydrogen-bond donors (Lipinski definition) is 9. The van der Waals surface area contributed by atoms with Gasteiger partial charge in [-0.2, -0.15) is 12.6 Å². The number of nitrogens with one attached hydrogen (secondary N) is 6. The number of aliphatic hydroxyl groups is 1. The van der Waals surface area contributed by atoms with Crippen LogP contribution in [0.25, 0.3) is 0 Å². The molecule has 0 aromatic heterocycles. The number of nitrogens with two attached hydrogens (primary N) is 1. The lowest BCUT2D eigenvalue weighted by molar-refractivity contribution is -0.148. The number of methoxy groups -OCH3 is 2. The minimum atomic E-state index is -1.12. The van der Waals surface area contributed by atoms with Crippen molar-refractivity contribution in [2.24, 2.45) is 35.3 Å². The fraction of sp³-hybridized carbons (Fsp3) is 0.662. The Kier molecular flexibility index (Phi) is 32.9. The highest BCUT2D eigenvalue weighted by atomic mass is 32.1. The second-order valence-corrected chi connectivity index (χ2v) is 26.8. The van der Waals surface area contributed by atoms with Crippen LogP contribution < -0.4 is 37.6 Å². The van der Waals surface area contributed by atoms with E-state index in [2.05, 4.69) is 44.5 Å². The van der Waals surface area contributed by atoms with Crippen LogP contribution in [0.3, 0.4) is 0 Å². The van der Waals surface area contributed by atoms with E-state index in [1.165, 1.54) is 31.1 Å². The number of ether oxygens (including phenoxy) is 3. The van der Waals surface area contributed by atoms with E-state index in [0.717, 1.165) is 0 Å². The minimum absolute atomic E-state index is 0.0628. The summed E-state index contributed by atoms with van der Waals surface area (Å²) in [5.74, 6) is -5.88. The molecule has 2 aromatic carbocycles. The number of rotatable bonds is 38. The molecule has 0 saturated carbocycles. The summed E-state index contributed by atoms with van der Waals surface area (Å²) >= 11 is 4.15. The maximum absolute atomic E-state index is 14.8. The van der Waals surface area contributed by atoms with Crippen LogP contribution in [0.4, 0.5) is 15.3 Å². The molecule has 0 radical (unpaired) electrons. The first-order chi connectivity index (χ1) is 44.9. The fourth-order valence-electron chi connectivity index (χ4n) is 12.3. The lowest BCUT2D eigenvalue weighted by Gasteiger charge is -2.41. The zero-order valence-corrected chi connectivity index (χ0v) is 58.9. The molecule has 9 N–H and O–H groups in total. The predicted octanol–water partition coefficient (Wildman–Crippen LogP) is 5.21. The average Bonchev–Trinajstić information content (AvgIpc) is 1.78. The van der Waals surface area contributed by atoms with Gasteiger partial charge in [0.15, 0.2) is 0 Å². The maximum Gasteiger partial charge on any atom is 0.410 e. The number of carbonyl (C=O) groups excluding carboxylic acids is 11. The summed E-state index contributed by atoms with van der Waals surface area (Å²) in [6.45, 7) is 18.6. The van der Waals surface area contributed by atoms with Crippen molar-refractivity contribution in [2.45, 2.75) is 212 Å². The van der Waals surface area contributed by atoms with Crippen molar-refractivity contribution in [2.75, 3.05) is 53.3 Å². The molecule has 27 heteroatoms. The number of amides is 12. The number of urea groups is 1. The monoisotopic (exact) mass is 1350 g/mol. The number of aliphatic hydroxyl groups excluding tert-OH is 1. The molecule has 2 aliphatic rings. The Balaban J connectivity index is 1.37. The molecule has 2 aliphatic heterocycles. The van der Waals surface area contributed by atoms with Crippen molar-refractivity contribution in [1.82, 2.24) is 46.2 Å². The van der Waals surface area contributed by atoms with E-state index in [1.807, 2.05) is 32.0 Å². The van der Waals surface area contributed by atoms with Crippen LogP contribution in [0.5, 0.6) is 0 Å². The first kappa shape index (κ1) is 80.1. The van der Waals surface area contributed by atoms with Crippen molar-refractivity contribution in [3.8, 4) is 0 Å². The summed E-state index contributed by atoms with van der Waals surface area (Å²) in [5, 5.41) is 27.0. The van der Waals surface area contributed by atoms with E-state index >= 15 is 0 Å². The van der Waals surface area contributed by atoms with Gasteiger partial charge in [-0.3, -0.25) is 53.0 Å². The van der Waals surface area contributed by atoms with E-state index in [1.54, 1.807) is 109 Å². The van der Waals surface area contributed by atoms with Gasteiger partial charge in [0.25, 0.3) is 0 Å². The number of likely N-dealkylation sites (N-methyl/N-ethyl adjacent to an activating group) is 2. The molecule has 2 unspecified atom stereocenters. The van der Waals surface area contributed by atoms with Crippen molar-refractivity contribution in [3.05, 3.63) is 65.7 Å². The number of likely N-dealkylation sites (tertiary alicyclic amines) is 2. The molecule has 0 bridgehead atoms. The Bertz CT molecular complexity index is 2890. The van der Waals surface area contributed by atoms with E-state index in [9.17, 15) is 57.8 Å². The van der Waals surface area contributed by atoms with Gasteiger partial charge in [-0.25, -0.2) is 9.59 Å². The van der Waals surface area contributed by atoms with Crippen LogP contribution in [0, 0.1) is 29.6 Å². The van der Waals surface area contributed by atoms with Gasteiger partial charge in [0.05, 0.1) is 54.0 Å². The SMILES string of the molecule is CC[C@H](C)[C@@H]([C@@H](CC(=O)N1CCC[C@H]1[C@H](OC)[C@@H](C)C(=O)N[C@H](C)[C@@H](O)c1ccccc1)OC)N(C)C(=O)[C@@H](NC(=O)[C@H](C(C)C)N(C)C(=O)OCc1ccc(NC(=O)[C@H](CCCNC(N)=O)NC(=O)C(NC(=O)CCCCCN2C(=O)CC(S)C2=O)C(C)C)cc1)C(C)C. The smallest absolute Gasteiger partial charge is 0.410 e. The Hall–Kier alpha value is -7.36. The van der Waals surface area contributed by atoms with Crippen LogP contribution in [-0.4, -0.2) is 198 Å². The molecule has 4 rings (SSSR count). The summed E-state index contributed by atoms with van der Waals surface area (Å²) in [5.41, 5.74) is 6.77. The van der Waals surface area contributed by atoms with Gasteiger partial charge in [0.2, 0.25) is 53.2 Å². The quantitative estimate of drug-likeness (QED) is 0.0237. The maximum atomic E-state index is 14.8. The zero-order valence-electron chi connectivity index (χ0n) is 58.0. The number of anilines is 1. The highest BCUT2D eigenvalue weighted by Crippen LogP contribution is 2.31. The van der Waals surface area contributed by atoms with Crippen molar-refractivity contribution < 1.29 is 72.1 Å². The molecule has 26 nitrogen and oxygen atoms in total. The largest absolute Gasteiger partial charge is 0.445 e. The lowest BCUT2D eigenvalue weighted by atomic mass is 9.89. The number of carbonyl (C=O) groups is 11. The van der Waals surface area contributed by atoms with E-state index in [0.29, 0.717) is 61.9 Å². The van der Waals surface area contributed by atoms with Gasteiger partial charge in [-0.15, -0.1) is 0 Å². The molecule has 2 saturated heterocycles. The van der Waals surface area contributed by atoms with Gasteiger partial charge < -0.3 is 66.8 Å². The zero-order chi connectivity index (χ0) is 71.0. The predicted molar refractivity (Wildman–Crippen MR) is 362 cm³/mol. The summed E-state index contributed by atoms with van der Waals surface area (Å²) < 4.78 is 17.8. The normalized spacial score (nSPS) is 18.3. The second kappa shape index (κ2) is 39.0. The molecule has 0 aliphatic carbocycles. The number of benzene rings is 2. The Morgan fingerprint density at radius 3 is 1.97 bits per heavy atom. The highest BCUT2D eigenvalue weighted by molar-refractivity contribution is 7.81. The first-order valence-corrected chi connectivity index (χ1v) is 33.8. The third-order valence-corrected chi connectivity index (χ3v) is 18.4. The molecule has 2 aromatic rings. The van der Waals surface area contributed by atoms with E-state index < -0.39 is 125 Å². The first-order valence-electron chi connectivity index (χ1n) is 33.3. The molecular formula is C68H107N11O15S. The van der Waals surface area contributed by atoms with Gasteiger partial charge in [-0.1, -0.05) is 118 Å². The second-order valence-electron chi connectivity index (χ2n) is 26.2. The highest BCUT2D eigenvalue weighted by Gasteiger charge is 2.44. The van der Waals surface area contributed by atoms with Crippen LogP contribution in [0.1, 0.15) is 157 Å². The number of hydrogen-bond acceptors (Lipinski definition) is 16. The van der Waals surface area contributed by atoms with Crippen LogP contribution >= 0.6 is 12.6 Å². The third kappa shape index (κ3) is 23.5. The average molecular weight is 1350 g/mol. The fourth-order valence-corrected chi connectivity index (χ4v) is 12.6. The molecule has 95 heavy (non-hydrogen) atoms. The lowest BCUT2D eigenvalue weighted by Crippen LogP contribution is -2.60. The van der Waals surface area contributed by atoms with Crippen LogP contribution in [0.15, 0.2) is 54.6 Å². The van der Waals surface area contributed by atoms with Crippen LogP contribution in [-0.2, 0) is 64.0 Å². The number of thiol groups is 1. The summed E-state index contributed by atoms with van der Waals surface area (Å²) in [4.78, 5) is 153. The third-order valence-electron chi connectivity index (χ3n) is 18.0. The number of imide groups is 1. The Labute approximate surface area is 566 Å². The summed E-state index contributed by atoms with van der Waals surface area (Å²) in [7, 11) is 6.08. The molecule has 530 valence electrons. The van der Waals surface area contributed by atoms with Gasteiger partial charge in [0.1, 0.15) is 30.8 Å². The van der Waals surface area contributed by atoms with Crippen LogP contribution in [0.2, 0.25) is 0 Å². The number of primary amides is 1. The van der Waals surface area contributed by atoms with Gasteiger partial charge in [-0.05, 0) is 92.4 Å². The molecule has 2 fully saturated rings. The summed E-state index contributed by atoms with van der Waals surface area (Å²) in [6.07, 6.45) is 0.559. The Morgan fingerprint density at radius 1 is 0.747 bits per heavy atom.